The Hall–Kier alpha value is -3.68. The van der Waals surface area contributed by atoms with Gasteiger partial charge in [-0.3, -0.25) is 4.79 Å². The number of aliphatic hydroxyl groups is 1. The number of halogens is 4. The number of benzene rings is 4. The summed E-state index contributed by atoms with van der Waals surface area (Å²) in [7, 11) is 0. The Kier molecular flexibility index (Phi) is 13.5. The molecule has 269 valence electrons. The van der Waals surface area contributed by atoms with Gasteiger partial charge in [0.2, 0.25) is 0 Å². The van der Waals surface area contributed by atoms with Crippen molar-refractivity contribution < 1.29 is 47.6 Å². The fraction of sp³-hybridized carbons (Fsp3) is 0.390. The Morgan fingerprint density at radius 3 is 1.92 bits per heavy atom. The van der Waals surface area contributed by atoms with E-state index >= 15 is 4.39 Å². The first-order chi connectivity index (χ1) is 23.1. The molecule has 1 radical (unpaired) electrons. The molecule has 0 unspecified atom stereocenters. The second kappa shape index (κ2) is 16.6. The van der Waals surface area contributed by atoms with Crippen LogP contribution in [0.2, 0.25) is 0 Å². The van der Waals surface area contributed by atoms with Gasteiger partial charge < -0.3 is 5.11 Å². The van der Waals surface area contributed by atoms with Crippen LogP contribution >= 0.6 is 0 Å². The molecule has 0 saturated carbocycles. The standard InChI is InChI=1S/C28H21F4N2.C13H24O2.Ir/c1-15-22-23(25(29)20-12-8-7-11-19(20)24(22)28(30,31)32)26(34-33-15)17-13-16-9-5-6-10-18(16)21(14-17)27(2,3)4;1-5-10(6-2)12(14)9-13(15)11(7-3)8-4;/h5-12,14H,1-4H3;9-11,14H,5-8H2,1-4H3;/q-1;;/b;12-9-;. The van der Waals surface area contributed by atoms with Crippen molar-refractivity contribution in [1.29, 1.82) is 0 Å². The average Bonchev–Trinajstić information content (AvgIpc) is 3.05. The third kappa shape index (κ3) is 8.43. The van der Waals surface area contributed by atoms with Crippen LogP contribution in [0.15, 0.2) is 66.4 Å². The predicted molar refractivity (Wildman–Crippen MR) is 191 cm³/mol. The van der Waals surface area contributed by atoms with Crippen molar-refractivity contribution in [3.8, 4) is 11.3 Å². The number of rotatable bonds is 8. The molecule has 0 atom stereocenters. The molecule has 0 spiro atoms. The molecule has 4 nitrogen and oxygen atoms in total. The molecular formula is C41H45F4IrN2O2-. The van der Waals surface area contributed by atoms with Gasteiger partial charge in [0.05, 0.1) is 17.0 Å². The minimum atomic E-state index is -4.71. The van der Waals surface area contributed by atoms with E-state index < -0.39 is 17.6 Å². The van der Waals surface area contributed by atoms with E-state index in [1.54, 1.807) is 0 Å². The summed E-state index contributed by atoms with van der Waals surface area (Å²) >= 11 is 0. The van der Waals surface area contributed by atoms with Gasteiger partial charge in [-0.15, -0.1) is 29.1 Å². The average molecular weight is 866 g/mol. The largest absolute Gasteiger partial charge is 0.512 e. The Labute approximate surface area is 305 Å². The van der Waals surface area contributed by atoms with Crippen LogP contribution in [-0.2, 0) is 36.5 Å². The van der Waals surface area contributed by atoms with E-state index in [2.05, 4.69) is 16.3 Å². The molecule has 0 bridgehead atoms. The maximum Gasteiger partial charge on any atom is 0.417 e. The number of nitrogens with zero attached hydrogens (tertiary/aromatic N) is 2. The summed E-state index contributed by atoms with van der Waals surface area (Å²) in [5, 5.41) is 19.0. The Morgan fingerprint density at radius 2 is 1.38 bits per heavy atom. The number of carbonyl (C=O) groups excluding carboxylic acids is 1. The third-order valence-electron chi connectivity index (χ3n) is 9.25. The topological polar surface area (TPSA) is 63.1 Å². The normalized spacial score (nSPS) is 12.4. The maximum absolute atomic E-state index is 16.0. The van der Waals surface area contributed by atoms with Gasteiger partial charge >= 0.3 is 6.18 Å². The first-order valence-electron chi connectivity index (χ1n) is 16.9. The van der Waals surface area contributed by atoms with Gasteiger partial charge in [-0.1, -0.05) is 102 Å². The van der Waals surface area contributed by atoms with E-state index in [1.807, 2.05) is 78.8 Å². The fourth-order valence-corrected chi connectivity index (χ4v) is 6.45. The maximum atomic E-state index is 16.0. The molecule has 0 amide bonds. The summed E-state index contributed by atoms with van der Waals surface area (Å²) in [5.74, 6) is -0.198. The molecule has 0 aliphatic rings. The summed E-state index contributed by atoms with van der Waals surface area (Å²) in [6.45, 7) is 15.6. The van der Waals surface area contributed by atoms with E-state index in [4.69, 9.17) is 0 Å². The summed E-state index contributed by atoms with van der Waals surface area (Å²) in [6, 6.07) is 18.4. The van der Waals surface area contributed by atoms with Crippen LogP contribution < -0.4 is 0 Å². The van der Waals surface area contributed by atoms with Crippen LogP contribution in [0.4, 0.5) is 17.6 Å². The van der Waals surface area contributed by atoms with Crippen molar-refractivity contribution in [1.82, 2.24) is 10.2 Å². The molecule has 4 aromatic carbocycles. The van der Waals surface area contributed by atoms with Crippen molar-refractivity contribution in [3.05, 3.63) is 95.1 Å². The number of hydrogen-bond acceptors (Lipinski definition) is 4. The second-order valence-electron chi connectivity index (χ2n) is 13.5. The van der Waals surface area contributed by atoms with Gasteiger partial charge in [0.1, 0.15) is 5.82 Å². The number of allylic oxidation sites excluding steroid dienone is 2. The first-order valence-corrected chi connectivity index (χ1v) is 16.9. The zero-order valence-electron chi connectivity index (χ0n) is 29.9. The molecular weight excluding hydrogens is 821 g/mol. The zero-order valence-corrected chi connectivity index (χ0v) is 32.2. The summed E-state index contributed by atoms with van der Waals surface area (Å²) in [4.78, 5) is 11.7. The smallest absolute Gasteiger partial charge is 0.417 e. The number of aryl methyl sites for hydroxylation is 1. The molecule has 9 heteroatoms. The Balaban J connectivity index is 0.000000361. The minimum Gasteiger partial charge on any atom is -0.512 e. The van der Waals surface area contributed by atoms with Crippen molar-refractivity contribution in [2.45, 2.75) is 92.7 Å². The number of carbonyl (C=O) groups is 1. The molecule has 1 N–H and O–H groups in total. The van der Waals surface area contributed by atoms with Crippen molar-refractivity contribution in [2.24, 2.45) is 11.8 Å². The van der Waals surface area contributed by atoms with E-state index in [0.717, 1.165) is 42.0 Å². The zero-order chi connectivity index (χ0) is 36.3. The summed E-state index contributed by atoms with van der Waals surface area (Å²) < 4.78 is 59.0. The predicted octanol–water partition coefficient (Wildman–Crippen LogP) is 12.0. The molecule has 0 aliphatic carbocycles. The monoisotopic (exact) mass is 866 g/mol. The molecule has 0 saturated heterocycles. The third-order valence-corrected chi connectivity index (χ3v) is 9.25. The fourth-order valence-electron chi connectivity index (χ4n) is 6.45. The molecule has 0 aliphatic heterocycles. The van der Waals surface area contributed by atoms with Crippen LogP contribution in [0.3, 0.4) is 0 Å². The molecule has 1 aromatic heterocycles. The van der Waals surface area contributed by atoms with Crippen LogP contribution in [0.25, 0.3) is 43.6 Å². The number of fused-ring (bicyclic) bond motifs is 3. The SMILES string of the molecule is CCC(CC)C(=O)/C=C(\O)C(CC)CC.Cc1nnc(-c2[c-]c3ccccc3c(C(C)(C)C)c2)c2c(F)c3ccccc3c(C(F)(F)F)c12.[Ir]. The van der Waals surface area contributed by atoms with Gasteiger partial charge in [0.25, 0.3) is 0 Å². The van der Waals surface area contributed by atoms with Gasteiger partial charge in [-0.05, 0) is 43.4 Å². The molecule has 5 rings (SSSR count). The summed E-state index contributed by atoms with van der Waals surface area (Å²) in [6.07, 6.45) is 0.198. The van der Waals surface area contributed by atoms with Crippen LogP contribution in [-0.4, -0.2) is 21.1 Å². The molecule has 50 heavy (non-hydrogen) atoms. The van der Waals surface area contributed by atoms with Crippen LogP contribution in [0.5, 0.6) is 0 Å². The number of hydrogen-bond donors (Lipinski definition) is 1. The number of aromatic nitrogens is 2. The Bertz CT molecular complexity index is 2010. The van der Waals surface area contributed by atoms with Gasteiger partial charge in [-0.25, -0.2) is 4.39 Å². The van der Waals surface area contributed by atoms with E-state index in [9.17, 15) is 23.1 Å². The van der Waals surface area contributed by atoms with E-state index in [1.165, 1.54) is 37.3 Å². The van der Waals surface area contributed by atoms with Gasteiger partial charge in [-0.2, -0.15) is 23.4 Å². The summed E-state index contributed by atoms with van der Waals surface area (Å²) in [5.41, 5.74) is 0.260. The van der Waals surface area contributed by atoms with E-state index in [0.29, 0.717) is 5.56 Å². The minimum absolute atomic E-state index is 0. The van der Waals surface area contributed by atoms with Crippen molar-refractivity contribution in [2.75, 3.05) is 0 Å². The molecule has 1 heterocycles. The van der Waals surface area contributed by atoms with Crippen molar-refractivity contribution >= 4 is 38.1 Å². The second-order valence-corrected chi connectivity index (χ2v) is 13.5. The number of aliphatic hydroxyl groups excluding tert-OH is 1. The molecule has 5 aromatic rings. The van der Waals surface area contributed by atoms with Crippen LogP contribution in [0, 0.1) is 30.6 Å². The Morgan fingerprint density at radius 1 is 0.840 bits per heavy atom. The number of alkyl halides is 3. The van der Waals surface area contributed by atoms with Gasteiger partial charge in [0, 0.05) is 59.9 Å². The quantitative estimate of drug-likeness (QED) is 0.0555. The van der Waals surface area contributed by atoms with Gasteiger partial charge in [0.15, 0.2) is 5.78 Å². The number of ketones is 1. The molecule has 0 fully saturated rings. The van der Waals surface area contributed by atoms with Crippen LogP contribution in [0.1, 0.15) is 91.0 Å². The van der Waals surface area contributed by atoms with E-state index in [-0.39, 0.29) is 81.8 Å². The van der Waals surface area contributed by atoms with Crippen molar-refractivity contribution in [3.63, 3.8) is 0 Å². The first kappa shape index (κ1) is 40.7.